The van der Waals surface area contributed by atoms with Crippen LogP contribution in [0.25, 0.3) is 11.3 Å². The van der Waals surface area contributed by atoms with Crippen LogP contribution in [-0.2, 0) is 0 Å². The molecule has 0 atom stereocenters. The first-order valence-electron chi connectivity index (χ1n) is 6.62. The maximum atomic E-state index is 12.0. The van der Waals surface area contributed by atoms with E-state index in [0.29, 0.717) is 18.1 Å². The third kappa shape index (κ3) is 3.53. The van der Waals surface area contributed by atoms with Crippen molar-refractivity contribution < 1.29 is 9.32 Å². The Kier molecular flexibility index (Phi) is 4.50. The second-order valence-electron chi connectivity index (χ2n) is 4.36. The van der Waals surface area contributed by atoms with Crippen molar-refractivity contribution in [3.8, 4) is 11.3 Å². The van der Waals surface area contributed by atoms with Gasteiger partial charge < -0.3 is 9.84 Å². The van der Waals surface area contributed by atoms with Crippen LogP contribution >= 0.6 is 11.8 Å². The van der Waals surface area contributed by atoms with Gasteiger partial charge in [0.15, 0.2) is 11.5 Å². The van der Waals surface area contributed by atoms with E-state index in [4.69, 9.17) is 4.52 Å². The Bertz CT molecular complexity index is 727. The molecule has 2 aromatic heterocycles. The standard InChI is InChI=1S/C14H13N5O2S/c20-14(15-6-7-22-13-9-16-19-17-13)11-8-12(21-18-11)10-4-2-1-3-5-10/h1-5,8-9H,6-7H2,(H,15,20)(H,16,17,19). The number of amides is 1. The normalized spacial score (nSPS) is 10.5. The van der Waals surface area contributed by atoms with Gasteiger partial charge in [-0.1, -0.05) is 35.5 Å². The maximum Gasteiger partial charge on any atom is 0.273 e. The van der Waals surface area contributed by atoms with Crippen molar-refractivity contribution in [2.75, 3.05) is 12.3 Å². The first-order chi connectivity index (χ1) is 10.8. The van der Waals surface area contributed by atoms with Crippen LogP contribution in [0.2, 0.25) is 0 Å². The molecular weight excluding hydrogens is 302 g/mol. The molecule has 7 nitrogen and oxygen atoms in total. The van der Waals surface area contributed by atoms with Crippen molar-refractivity contribution in [1.29, 1.82) is 0 Å². The summed E-state index contributed by atoms with van der Waals surface area (Å²) in [6.07, 6.45) is 1.64. The predicted molar refractivity (Wildman–Crippen MR) is 81.4 cm³/mol. The van der Waals surface area contributed by atoms with Crippen LogP contribution in [0, 0.1) is 0 Å². The molecular formula is C14H13N5O2S. The van der Waals surface area contributed by atoms with Gasteiger partial charge in [-0.25, -0.2) is 0 Å². The monoisotopic (exact) mass is 315 g/mol. The minimum absolute atomic E-state index is 0.258. The minimum atomic E-state index is -0.258. The summed E-state index contributed by atoms with van der Waals surface area (Å²) in [6, 6.07) is 11.2. The van der Waals surface area contributed by atoms with Crippen LogP contribution in [0.3, 0.4) is 0 Å². The van der Waals surface area contributed by atoms with Gasteiger partial charge in [0.1, 0.15) is 5.03 Å². The SMILES string of the molecule is O=C(NCCSc1cn[nH]n1)c1cc(-c2ccccc2)on1. The van der Waals surface area contributed by atoms with Crippen molar-refractivity contribution in [3.05, 3.63) is 48.3 Å². The molecule has 0 fully saturated rings. The summed E-state index contributed by atoms with van der Waals surface area (Å²) in [6.45, 7) is 0.504. The molecule has 0 unspecified atom stereocenters. The second-order valence-corrected chi connectivity index (χ2v) is 5.47. The molecule has 0 aliphatic rings. The molecule has 3 rings (SSSR count). The van der Waals surface area contributed by atoms with Crippen molar-refractivity contribution in [2.45, 2.75) is 5.03 Å². The number of carbonyl (C=O) groups is 1. The van der Waals surface area contributed by atoms with Gasteiger partial charge >= 0.3 is 0 Å². The summed E-state index contributed by atoms with van der Waals surface area (Å²) < 4.78 is 5.20. The van der Waals surface area contributed by atoms with E-state index in [1.165, 1.54) is 11.8 Å². The zero-order valence-electron chi connectivity index (χ0n) is 11.5. The predicted octanol–water partition coefficient (Wildman–Crippen LogP) is 1.98. The zero-order chi connectivity index (χ0) is 15.2. The van der Waals surface area contributed by atoms with E-state index in [2.05, 4.69) is 25.9 Å². The van der Waals surface area contributed by atoms with Gasteiger partial charge in [-0.2, -0.15) is 10.3 Å². The lowest BCUT2D eigenvalue weighted by molar-refractivity contribution is 0.0947. The molecule has 0 bridgehead atoms. The summed E-state index contributed by atoms with van der Waals surface area (Å²) in [5.41, 5.74) is 1.15. The molecule has 112 valence electrons. The topological polar surface area (TPSA) is 96.7 Å². The fraction of sp³-hybridized carbons (Fsp3) is 0.143. The average molecular weight is 315 g/mol. The molecule has 1 aromatic carbocycles. The van der Waals surface area contributed by atoms with Gasteiger partial charge in [-0.3, -0.25) is 4.79 Å². The summed E-state index contributed by atoms with van der Waals surface area (Å²) in [7, 11) is 0. The van der Waals surface area contributed by atoms with E-state index in [1.807, 2.05) is 30.3 Å². The summed E-state index contributed by atoms with van der Waals surface area (Å²) in [4.78, 5) is 12.0. The molecule has 0 spiro atoms. The molecule has 22 heavy (non-hydrogen) atoms. The van der Waals surface area contributed by atoms with E-state index in [0.717, 1.165) is 10.6 Å². The smallest absolute Gasteiger partial charge is 0.273 e. The Balaban J connectivity index is 1.51. The molecule has 3 aromatic rings. The number of nitrogens with zero attached hydrogens (tertiary/aromatic N) is 3. The first kappa shape index (κ1) is 14.3. The van der Waals surface area contributed by atoms with E-state index in [9.17, 15) is 4.79 Å². The van der Waals surface area contributed by atoms with Gasteiger partial charge in [0.25, 0.3) is 5.91 Å². The van der Waals surface area contributed by atoms with Crippen LogP contribution in [0.15, 0.2) is 52.1 Å². The minimum Gasteiger partial charge on any atom is -0.355 e. The third-order valence-electron chi connectivity index (χ3n) is 2.83. The third-order valence-corrected chi connectivity index (χ3v) is 3.73. The highest BCUT2D eigenvalue weighted by Crippen LogP contribution is 2.19. The van der Waals surface area contributed by atoms with Crippen LogP contribution in [0.1, 0.15) is 10.5 Å². The Labute approximate surface area is 130 Å². The van der Waals surface area contributed by atoms with Gasteiger partial charge in [0, 0.05) is 23.9 Å². The molecule has 0 aliphatic heterocycles. The number of aromatic amines is 1. The highest BCUT2D eigenvalue weighted by atomic mass is 32.2. The van der Waals surface area contributed by atoms with Crippen LogP contribution in [-0.4, -0.2) is 38.8 Å². The van der Waals surface area contributed by atoms with Crippen molar-refractivity contribution in [3.63, 3.8) is 0 Å². The fourth-order valence-electron chi connectivity index (χ4n) is 1.79. The summed E-state index contributed by atoms with van der Waals surface area (Å²) >= 11 is 1.50. The summed E-state index contributed by atoms with van der Waals surface area (Å²) in [5, 5.41) is 17.5. The molecule has 1 amide bonds. The van der Waals surface area contributed by atoms with Gasteiger partial charge in [-0.05, 0) is 0 Å². The lowest BCUT2D eigenvalue weighted by atomic mass is 10.1. The molecule has 0 aliphatic carbocycles. The van der Waals surface area contributed by atoms with Gasteiger partial charge in [0.05, 0.1) is 6.20 Å². The molecule has 0 saturated heterocycles. The van der Waals surface area contributed by atoms with E-state index in [1.54, 1.807) is 12.3 Å². The Morgan fingerprint density at radius 2 is 2.18 bits per heavy atom. The van der Waals surface area contributed by atoms with Crippen molar-refractivity contribution >= 4 is 17.7 Å². The number of nitrogens with one attached hydrogen (secondary N) is 2. The van der Waals surface area contributed by atoms with Gasteiger partial charge in [0.2, 0.25) is 0 Å². The maximum absolute atomic E-state index is 12.0. The van der Waals surface area contributed by atoms with Crippen LogP contribution in [0.5, 0.6) is 0 Å². The van der Waals surface area contributed by atoms with Crippen molar-refractivity contribution in [1.82, 2.24) is 25.9 Å². The van der Waals surface area contributed by atoms with E-state index >= 15 is 0 Å². The Hall–Kier alpha value is -2.61. The number of carbonyl (C=O) groups excluding carboxylic acids is 1. The molecule has 0 radical (unpaired) electrons. The number of aromatic nitrogens is 4. The van der Waals surface area contributed by atoms with Crippen molar-refractivity contribution in [2.24, 2.45) is 0 Å². The lowest BCUT2D eigenvalue weighted by Gasteiger charge is -2.00. The number of benzene rings is 1. The first-order valence-corrected chi connectivity index (χ1v) is 7.60. The quantitative estimate of drug-likeness (QED) is 0.533. The number of hydrogen-bond donors (Lipinski definition) is 2. The number of H-pyrrole nitrogens is 1. The van der Waals surface area contributed by atoms with Crippen LogP contribution in [0.4, 0.5) is 0 Å². The molecule has 2 heterocycles. The average Bonchev–Trinajstić information content (AvgIpc) is 3.24. The Morgan fingerprint density at radius 1 is 1.32 bits per heavy atom. The Morgan fingerprint density at radius 3 is 2.95 bits per heavy atom. The fourth-order valence-corrected chi connectivity index (χ4v) is 2.44. The lowest BCUT2D eigenvalue weighted by Crippen LogP contribution is -2.25. The van der Waals surface area contributed by atoms with E-state index < -0.39 is 0 Å². The van der Waals surface area contributed by atoms with Crippen LogP contribution < -0.4 is 5.32 Å². The number of hydrogen-bond acceptors (Lipinski definition) is 6. The number of thioether (sulfide) groups is 1. The highest BCUT2D eigenvalue weighted by molar-refractivity contribution is 7.99. The molecule has 0 saturated carbocycles. The molecule has 2 N–H and O–H groups in total. The zero-order valence-corrected chi connectivity index (χ0v) is 12.3. The van der Waals surface area contributed by atoms with Gasteiger partial charge in [-0.15, -0.1) is 16.9 Å². The number of rotatable bonds is 6. The largest absolute Gasteiger partial charge is 0.355 e. The highest BCUT2D eigenvalue weighted by Gasteiger charge is 2.13. The molecule has 8 heteroatoms. The summed E-state index contributed by atoms with van der Waals surface area (Å²) in [5.74, 6) is 1.01. The van der Waals surface area contributed by atoms with E-state index in [-0.39, 0.29) is 11.6 Å². The second kappa shape index (κ2) is 6.90.